The van der Waals surface area contributed by atoms with E-state index in [-0.39, 0.29) is 24.0 Å². The van der Waals surface area contributed by atoms with Gasteiger partial charge in [0.1, 0.15) is 5.92 Å². The van der Waals surface area contributed by atoms with Crippen molar-refractivity contribution in [2.24, 2.45) is 5.73 Å². The van der Waals surface area contributed by atoms with Crippen molar-refractivity contribution in [2.75, 3.05) is 19.3 Å². The molecule has 1 unspecified atom stereocenters. The highest BCUT2D eigenvalue weighted by atomic mass is 32.2. The van der Waals surface area contributed by atoms with Crippen LogP contribution in [0.15, 0.2) is 30.3 Å². The van der Waals surface area contributed by atoms with Gasteiger partial charge in [-0.25, -0.2) is 13.1 Å². The van der Waals surface area contributed by atoms with Crippen LogP contribution in [0, 0.1) is 0 Å². The van der Waals surface area contributed by atoms with Crippen LogP contribution < -0.4 is 15.8 Å². The number of amides is 1. The summed E-state index contributed by atoms with van der Waals surface area (Å²) in [5, 5.41) is 2.60. The standard InChI is InChI=1S/C12H17N3O3S2/c1-20(17,18)15-8-7-14-12(16)10(11(13)19)9-5-3-2-4-6-9/h2-6,10,15H,7-8H2,1H3,(H2,13,19)(H,14,16). The van der Waals surface area contributed by atoms with E-state index >= 15 is 0 Å². The van der Waals surface area contributed by atoms with Crippen LogP contribution in [0.4, 0.5) is 0 Å². The molecule has 0 fully saturated rings. The average Bonchev–Trinajstić information content (AvgIpc) is 2.34. The average molecular weight is 315 g/mol. The molecule has 0 aromatic heterocycles. The highest BCUT2D eigenvalue weighted by Gasteiger charge is 2.22. The number of sulfonamides is 1. The Morgan fingerprint density at radius 1 is 1.30 bits per heavy atom. The number of rotatable bonds is 7. The van der Waals surface area contributed by atoms with Gasteiger partial charge in [-0.2, -0.15) is 0 Å². The van der Waals surface area contributed by atoms with Crippen molar-refractivity contribution in [3.63, 3.8) is 0 Å². The molecule has 0 radical (unpaired) electrons. The van der Waals surface area contributed by atoms with Crippen LogP contribution in [0.25, 0.3) is 0 Å². The summed E-state index contributed by atoms with van der Waals surface area (Å²) in [6.07, 6.45) is 1.05. The molecule has 1 aromatic carbocycles. The van der Waals surface area contributed by atoms with Crippen LogP contribution in [0.3, 0.4) is 0 Å². The molecule has 0 saturated heterocycles. The number of thiocarbonyl (C=S) groups is 1. The summed E-state index contributed by atoms with van der Waals surface area (Å²) in [5.41, 5.74) is 6.30. The first-order chi connectivity index (χ1) is 9.31. The minimum atomic E-state index is -3.26. The first kappa shape index (κ1) is 16.5. The Balaban J connectivity index is 2.61. The largest absolute Gasteiger partial charge is 0.392 e. The lowest BCUT2D eigenvalue weighted by molar-refractivity contribution is -0.121. The predicted molar refractivity (Wildman–Crippen MR) is 81.8 cm³/mol. The summed E-state index contributed by atoms with van der Waals surface area (Å²) in [7, 11) is -3.26. The summed E-state index contributed by atoms with van der Waals surface area (Å²) < 4.78 is 24.0. The maximum Gasteiger partial charge on any atom is 0.234 e. The molecule has 6 nitrogen and oxygen atoms in total. The Labute approximate surface area is 123 Å². The van der Waals surface area contributed by atoms with Gasteiger partial charge >= 0.3 is 0 Å². The van der Waals surface area contributed by atoms with Gasteiger partial charge in [-0.3, -0.25) is 4.79 Å². The van der Waals surface area contributed by atoms with E-state index in [1.165, 1.54) is 0 Å². The van der Waals surface area contributed by atoms with E-state index in [4.69, 9.17) is 18.0 Å². The van der Waals surface area contributed by atoms with Gasteiger partial charge in [0.2, 0.25) is 15.9 Å². The summed E-state index contributed by atoms with van der Waals surface area (Å²) >= 11 is 4.92. The van der Waals surface area contributed by atoms with Crippen LogP contribution in [0.5, 0.6) is 0 Å². The molecule has 0 heterocycles. The second-order valence-corrected chi connectivity index (χ2v) is 6.51. The Bertz CT molecular complexity index is 573. The third-order valence-electron chi connectivity index (χ3n) is 2.47. The number of nitrogens with two attached hydrogens (primary N) is 1. The topological polar surface area (TPSA) is 101 Å². The van der Waals surface area contributed by atoms with Crippen molar-refractivity contribution in [2.45, 2.75) is 5.92 Å². The second-order valence-electron chi connectivity index (χ2n) is 4.20. The molecular formula is C12H17N3O3S2. The van der Waals surface area contributed by atoms with E-state index in [1.807, 2.05) is 6.07 Å². The molecule has 1 rings (SSSR count). The Hall–Kier alpha value is -1.51. The van der Waals surface area contributed by atoms with E-state index in [0.717, 1.165) is 6.26 Å². The fourth-order valence-corrected chi connectivity index (χ4v) is 2.33. The first-order valence-corrected chi connectivity index (χ1v) is 8.18. The third kappa shape index (κ3) is 5.64. The van der Waals surface area contributed by atoms with E-state index in [9.17, 15) is 13.2 Å². The molecule has 0 aliphatic carbocycles. The smallest absolute Gasteiger partial charge is 0.234 e. The van der Waals surface area contributed by atoms with Crippen LogP contribution in [0.1, 0.15) is 11.5 Å². The quantitative estimate of drug-likeness (QED) is 0.475. The molecule has 0 saturated carbocycles. The zero-order valence-corrected chi connectivity index (χ0v) is 12.6. The molecule has 0 aliphatic heterocycles. The molecular weight excluding hydrogens is 298 g/mol. The van der Waals surface area contributed by atoms with Gasteiger partial charge in [0.15, 0.2) is 0 Å². The molecule has 0 bridgehead atoms. The van der Waals surface area contributed by atoms with Gasteiger partial charge in [0.05, 0.1) is 11.2 Å². The number of benzene rings is 1. The number of nitrogens with one attached hydrogen (secondary N) is 2. The van der Waals surface area contributed by atoms with E-state index < -0.39 is 15.9 Å². The minimum Gasteiger partial charge on any atom is -0.392 e. The van der Waals surface area contributed by atoms with Gasteiger partial charge < -0.3 is 11.1 Å². The van der Waals surface area contributed by atoms with Gasteiger partial charge in [0, 0.05) is 13.1 Å². The normalized spacial score (nSPS) is 12.7. The van der Waals surface area contributed by atoms with Crippen molar-refractivity contribution in [1.29, 1.82) is 0 Å². The molecule has 20 heavy (non-hydrogen) atoms. The summed E-state index contributed by atoms with van der Waals surface area (Å²) in [6, 6.07) is 8.93. The van der Waals surface area contributed by atoms with Crippen molar-refractivity contribution in [1.82, 2.24) is 10.0 Å². The summed E-state index contributed by atoms with van der Waals surface area (Å²) in [6.45, 7) is 0.279. The summed E-state index contributed by atoms with van der Waals surface area (Å²) in [4.78, 5) is 12.1. The Morgan fingerprint density at radius 3 is 2.40 bits per heavy atom. The van der Waals surface area contributed by atoms with Gasteiger partial charge in [-0.1, -0.05) is 42.5 Å². The molecule has 4 N–H and O–H groups in total. The zero-order chi connectivity index (χ0) is 15.2. The molecule has 0 aliphatic rings. The lowest BCUT2D eigenvalue weighted by Crippen LogP contribution is -2.40. The first-order valence-electron chi connectivity index (χ1n) is 5.88. The van der Waals surface area contributed by atoms with Gasteiger partial charge in [0.25, 0.3) is 0 Å². The molecule has 8 heteroatoms. The Morgan fingerprint density at radius 2 is 1.90 bits per heavy atom. The maximum absolute atomic E-state index is 12.1. The highest BCUT2D eigenvalue weighted by molar-refractivity contribution is 7.88. The van der Waals surface area contributed by atoms with Crippen LogP contribution >= 0.6 is 12.2 Å². The van der Waals surface area contributed by atoms with E-state index in [1.54, 1.807) is 24.3 Å². The molecule has 1 amide bonds. The predicted octanol–water partition coefficient (Wildman–Crippen LogP) is -0.278. The summed E-state index contributed by atoms with van der Waals surface area (Å²) in [5.74, 6) is -1.07. The number of carbonyl (C=O) groups is 1. The second kappa shape index (κ2) is 7.32. The molecule has 0 spiro atoms. The fraction of sp³-hybridized carbons (Fsp3) is 0.333. The highest BCUT2D eigenvalue weighted by Crippen LogP contribution is 2.15. The van der Waals surface area contributed by atoms with Crippen molar-refractivity contribution in [3.8, 4) is 0 Å². The lowest BCUT2D eigenvalue weighted by atomic mass is 9.98. The molecule has 1 aromatic rings. The lowest BCUT2D eigenvalue weighted by Gasteiger charge is -2.15. The van der Waals surface area contributed by atoms with Crippen LogP contribution in [-0.4, -0.2) is 38.7 Å². The minimum absolute atomic E-state index is 0.0739. The van der Waals surface area contributed by atoms with Crippen LogP contribution in [0.2, 0.25) is 0 Å². The Kier molecular flexibility index (Phi) is 6.05. The molecule has 1 atom stereocenters. The van der Waals surface area contributed by atoms with Gasteiger partial charge in [-0.05, 0) is 5.56 Å². The fourth-order valence-electron chi connectivity index (χ4n) is 1.61. The maximum atomic E-state index is 12.1. The van der Waals surface area contributed by atoms with Crippen molar-refractivity contribution >= 4 is 33.1 Å². The van der Waals surface area contributed by atoms with E-state index in [2.05, 4.69) is 10.0 Å². The number of carbonyl (C=O) groups excluding carboxylic acids is 1. The zero-order valence-electron chi connectivity index (χ0n) is 11.0. The molecule has 110 valence electrons. The monoisotopic (exact) mass is 315 g/mol. The van der Waals surface area contributed by atoms with Crippen molar-refractivity contribution < 1.29 is 13.2 Å². The number of hydrogen-bond acceptors (Lipinski definition) is 4. The van der Waals surface area contributed by atoms with Gasteiger partial charge in [-0.15, -0.1) is 0 Å². The van der Waals surface area contributed by atoms with Crippen LogP contribution in [-0.2, 0) is 14.8 Å². The third-order valence-corrected chi connectivity index (χ3v) is 3.43. The van der Waals surface area contributed by atoms with E-state index in [0.29, 0.717) is 5.56 Å². The number of hydrogen-bond donors (Lipinski definition) is 3. The van der Waals surface area contributed by atoms with Crippen molar-refractivity contribution in [3.05, 3.63) is 35.9 Å². The SMILES string of the molecule is CS(=O)(=O)NCCNC(=O)C(C(N)=S)c1ccccc1.